The molecule has 0 heterocycles. The molecule has 0 radical (unpaired) electrons. The van der Waals surface area contributed by atoms with Gasteiger partial charge in [-0.3, -0.25) is 0 Å². The van der Waals surface area contributed by atoms with Crippen molar-refractivity contribution >= 4 is 0 Å². The van der Waals surface area contributed by atoms with Crippen molar-refractivity contribution in [1.82, 2.24) is 0 Å². The highest BCUT2D eigenvalue weighted by Crippen LogP contribution is 2.37. The van der Waals surface area contributed by atoms with Crippen LogP contribution in [0.3, 0.4) is 0 Å². The van der Waals surface area contributed by atoms with E-state index in [1.165, 1.54) is 12.8 Å². The molecule has 0 unspecified atom stereocenters. The largest absolute Gasteiger partial charge is 0.325 e. The maximum Gasteiger partial charge on any atom is 0.0125 e. The molecule has 0 atom stereocenters. The Bertz CT molecular complexity index is 66.7. The molecule has 1 nitrogen and oxygen atoms in total. The molecule has 0 saturated heterocycles. The van der Waals surface area contributed by atoms with Crippen molar-refractivity contribution < 1.29 is 0 Å². The minimum absolute atomic E-state index is 0.111. The van der Waals surface area contributed by atoms with Crippen LogP contribution in [0.5, 0.6) is 0 Å². The van der Waals surface area contributed by atoms with Crippen LogP contribution in [0.2, 0.25) is 0 Å². The highest BCUT2D eigenvalue weighted by Gasteiger charge is 2.33. The normalized spacial score (nSPS) is 22.7. The third kappa shape index (κ3) is 1.16. The van der Waals surface area contributed by atoms with Crippen molar-refractivity contribution in [3.63, 3.8) is 0 Å². The Hall–Kier alpha value is -0.0400. The lowest BCUT2D eigenvalue weighted by molar-refractivity contribution is 0.452. The molecule has 42 valence electrons. The molecule has 1 aliphatic carbocycles. The smallest absolute Gasteiger partial charge is 0.0125 e. The molecule has 0 amide bonds. The molecule has 1 aliphatic rings. The van der Waals surface area contributed by atoms with Gasteiger partial charge in [0, 0.05) is 5.54 Å². The second-order valence-corrected chi connectivity index (χ2v) is 3.10. The summed E-state index contributed by atoms with van der Waals surface area (Å²) in [5.41, 5.74) is 5.85. The second kappa shape index (κ2) is 1.22. The molecule has 1 heteroatoms. The summed E-state index contributed by atoms with van der Waals surface area (Å²) in [6.07, 6.45) is 2.70. The van der Waals surface area contributed by atoms with Crippen LogP contribution in [-0.4, -0.2) is 5.54 Å². The van der Waals surface area contributed by atoms with Gasteiger partial charge in [-0.1, -0.05) is 0 Å². The minimum atomic E-state index is 0.111. The Morgan fingerprint density at radius 1 is 1.43 bits per heavy atom. The van der Waals surface area contributed by atoms with E-state index in [2.05, 4.69) is 13.8 Å². The Morgan fingerprint density at radius 3 is 1.86 bits per heavy atom. The second-order valence-electron chi connectivity index (χ2n) is 3.10. The van der Waals surface area contributed by atoms with E-state index in [-0.39, 0.29) is 5.54 Å². The molecule has 0 aromatic carbocycles. The van der Waals surface area contributed by atoms with Gasteiger partial charge in [0.2, 0.25) is 0 Å². The molecule has 0 spiro atoms. The lowest BCUT2D eigenvalue weighted by atomic mass is 10.0. The lowest BCUT2D eigenvalue weighted by Crippen LogP contribution is -2.34. The summed E-state index contributed by atoms with van der Waals surface area (Å²) < 4.78 is 0. The van der Waals surface area contributed by atoms with Crippen molar-refractivity contribution in [2.24, 2.45) is 11.7 Å². The molecule has 0 aromatic heterocycles. The maximum absolute atomic E-state index is 5.74. The van der Waals surface area contributed by atoms with Crippen molar-refractivity contribution in [1.29, 1.82) is 0 Å². The van der Waals surface area contributed by atoms with Crippen molar-refractivity contribution in [3.8, 4) is 0 Å². The Morgan fingerprint density at radius 2 is 1.86 bits per heavy atom. The summed E-state index contributed by atoms with van der Waals surface area (Å²) in [5, 5.41) is 0. The van der Waals surface area contributed by atoms with Gasteiger partial charge in [0.05, 0.1) is 0 Å². The first-order valence-electron chi connectivity index (χ1n) is 2.89. The fraction of sp³-hybridized carbons (Fsp3) is 1.00. The molecule has 0 bridgehead atoms. The summed E-state index contributed by atoms with van der Waals surface area (Å²) in [5.74, 6) is 0.826. The zero-order chi connectivity index (χ0) is 5.49. The van der Waals surface area contributed by atoms with Gasteiger partial charge in [-0.2, -0.15) is 0 Å². The third-order valence-corrected chi connectivity index (χ3v) is 1.63. The minimum Gasteiger partial charge on any atom is -0.325 e. The summed E-state index contributed by atoms with van der Waals surface area (Å²) in [6.45, 7) is 4.20. The van der Waals surface area contributed by atoms with Gasteiger partial charge in [-0.05, 0) is 32.6 Å². The first-order valence-corrected chi connectivity index (χ1v) is 2.89. The zero-order valence-electron chi connectivity index (χ0n) is 5.07. The summed E-state index contributed by atoms with van der Waals surface area (Å²) in [7, 11) is 0. The molecule has 0 aliphatic heterocycles. The van der Waals surface area contributed by atoms with Crippen LogP contribution in [-0.2, 0) is 0 Å². The number of hydrogen-bond acceptors (Lipinski definition) is 1. The van der Waals surface area contributed by atoms with E-state index in [9.17, 15) is 0 Å². The molecule has 0 aromatic rings. The summed E-state index contributed by atoms with van der Waals surface area (Å²) >= 11 is 0. The van der Waals surface area contributed by atoms with Crippen LogP contribution in [0.15, 0.2) is 0 Å². The highest BCUT2D eigenvalue weighted by molar-refractivity contribution is 4.91. The van der Waals surface area contributed by atoms with Gasteiger partial charge in [0.1, 0.15) is 0 Å². The van der Waals surface area contributed by atoms with E-state index in [0.29, 0.717) is 0 Å². The van der Waals surface area contributed by atoms with E-state index in [0.717, 1.165) is 5.92 Å². The standard InChI is InChI=1S/C6H13N/c1-6(2,7)5-3-4-5/h5H,3-4,7H2,1-2H3. The van der Waals surface area contributed by atoms with Gasteiger partial charge < -0.3 is 5.73 Å². The fourth-order valence-electron chi connectivity index (χ4n) is 0.827. The Balaban J connectivity index is 2.36. The average molecular weight is 99.2 g/mol. The first kappa shape index (κ1) is 5.10. The van der Waals surface area contributed by atoms with Crippen molar-refractivity contribution in [3.05, 3.63) is 0 Å². The van der Waals surface area contributed by atoms with Crippen LogP contribution in [0, 0.1) is 5.92 Å². The van der Waals surface area contributed by atoms with Crippen LogP contribution < -0.4 is 5.73 Å². The van der Waals surface area contributed by atoms with Crippen LogP contribution >= 0.6 is 0 Å². The first-order chi connectivity index (χ1) is 3.11. The van der Waals surface area contributed by atoms with E-state index in [1.807, 2.05) is 0 Å². The number of hydrogen-bond donors (Lipinski definition) is 1. The number of nitrogens with two attached hydrogens (primary N) is 1. The highest BCUT2D eigenvalue weighted by atomic mass is 14.7. The van der Waals surface area contributed by atoms with Gasteiger partial charge in [-0.25, -0.2) is 0 Å². The van der Waals surface area contributed by atoms with Gasteiger partial charge >= 0.3 is 0 Å². The Kier molecular flexibility index (Phi) is 0.890. The molecular formula is C6H13N. The molecule has 1 rings (SSSR count). The lowest BCUT2D eigenvalue weighted by Gasteiger charge is -2.15. The van der Waals surface area contributed by atoms with E-state index >= 15 is 0 Å². The van der Waals surface area contributed by atoms with Crippen molar-refractivity contribution in [2.45, 2.75) is 32.2 Å². The molecule has 1 saturated carbocycles. The molecule has 7 heavy (non-hydrogen) atoms. The van der Waals surface area contributed by atoms with Crippen LogP contribution in [0.25, 0.3) is 0 Å². The topological polar surface area (TPSA) is 26.0 Å². The summed E-state index contributed by atoms with van der Waals surface area (Å²) in [4.78, 5) is 0. The third-order valence-electron chi connectivity index (χ3n) is 1.63. The van der Waals surface area contributed by atoms with E-state index in [1.54, 1.807) is 0 Å². The monoisotopic (exact) mass is 99.1 g/mol. The zero-order valence-corrected chi connectivity index (χ0v) is 5.07. The predicted molar refractivity (Wildman–Crippen MR) is 31.0 cm³/mol. The van der Waals surface area contributed by atoms with Crippen LogP contribution in [0.4, 0.5) is 0 Å². The molecule has 1 fully saturated rings. The number of rotatable bonds is 1. The van der Waals surface area contributed by atoms with Gasteiger partial charge in [-0.15, -0.1) is 0 Å². The van der Waals surface area contributed by atoms with E-state index < -0.39 is 0 Å². The van der Waals surface area contributed by atoms with Crippen LogP contribution in [0.1, 0.15) is 26.7 Å². The van der Waals surface area contributed by atoms with E-state index in [4.69, 9.17) is 5.73 Å². The quantitative estimate of drug-likeness (QED) is 0.524. The molecular weight excluding hydrogens is 86.1 g/mol. The SMILES string of the molecule is CC(C)(N)C1CC1. The van der Waals surface area contributed by atoms with Crippen molar-refractivity contribution in [2.75, 3.05) is 0 Å². The predicted octanol–water partition coefficient (Wildman–Crippen LogP) is 1.13. The van der Waals surface area contributed by atoms with Gasteiger partial charge in [0.15, 0.2) is 0 Å². The average Bonchev–Trinajstić information content (AvgIpc) is 1.99. The molecule has 2 N–H and O–H groups in total. The Labute approximate surface area is 44.9 Å². The maximum atomic E-state index is 5.74. The summed E-state index contributed by atoms with van der Waals surface area (Å²) in [6, 6.07) is 0. The van der Waals surface area contributed by atoms with Gasteiger partial charge in [0.25, 0.3) is 0 Å². The fourth-order valence-corrected chi connectivity index (χ4v) is 0.827.